The lowest BCUT2D eigenvalue weighted by Gasteiger charge is -2.32. The average Bonchev–Trinajstić information content (AvgIpc) is 3.06. The van der Waals surface area contributed by atoms with Gasteiger partial charge in [-0.05, 0) is 18.6 Å². The summed E-state index contributed by atoms with van der Waals surface area (Å²) in [5, 5.41) is 38.9. The first-order valence-corrected chi connectivity index (χ1v) is 8.13. The number of carboxylic acids is 2. The van der Waals surface area contributed by atoms with Crippen molar-refractivity contribution in [1.29, 1.82) is 0 Å². The maximum absolute atomic E-state index is 11.0. The molecule has 3 rings (SSSR count). The molecule has 1 aromatic heterocycles. The zero-order valence-electron chi connectivity index (χ0n) is 14.7. The molecule has 8 heteroatoms. The Kier molecular flexibility index (Phi) is 6.51. The van der Waals surface area contributed by atoms with Gasteiger partial charge >= 0.3 is 11.9 Å². The van der Waals surface area contributed by atoms with Crippen LogP contribution >= 0.6 is 0 Å². The number of hydrogen-bond donors (Lipinski definition) is 5. The molecule has 0 fully saturated rings. The summed E-state index contributed by atoms with van der Waals surface area (Å²) < 4.78 is 5.52. The van der Waals surface area contributed by atoms with Crippen molar-refractivity contribution in [2.75, 3.05) is 6.54 Å². The lowest BCUT2D eigenvalue weighted by atomic mass is 9.84. The molecule has 1 atom stereocenters. The molecule has 1 aliphatic heterocycles. The summed E-state index contributed by atoms with van der Waals surface area (Å²) in [4.78, 5) is 19.1. The second-order valence-electron chi connectivity index (χ2n) is 6.05. The predicted octanol–water partition coefficient (Wildman–Crippen LogP) is 1.13. The molecule has 0 amide bonds. The van der Waals surface area contributed by atoms with Crippen molar-refractivity contribution in [2.45, 2.75) is 25.7 Å². The molecule has 144 valence electrons. The normalized spacial score (nSPS) is 18.5. The summed E-state index contributed by atoms with van der Waals surface area (Å²) >= 11 is 0. The van der Waals surface area contributed by atoms with E-state index in [1.54, 1.807) is 6.07 Å². The highest BCUT2D eigenvalue weighted by Crippen LogP contribution is 2.36. The maximum atomic E-state index is 11.0. The van der Waals surface area contributed by atoms with Crippen LogP contribution in [0.3, 0.4) is 0 Å². The van der Waals surface area contributed by atoms with E-state index in [1.807, 2.05) is 31.2 Å². The highest BCUT2D eigenvalue weighted by molar-refractivity contribution is 5.89. The number of β-amino-alcohol motifs (C(OH)–C–C–N with tert-alkyl or cyclic N) is 1. The van der Waals surface area contributed by atoms with Gasteiger partial charge in [-0.2, -0.15) is 0 Å². The van der Waals surface area contributed by atoms with E-state index in [2.05, 4.69) is 5.32 Å². The molecule has 2 aromatic rings. The molecule has 1 aromatic carbocycles. The fourth-order valence-corrected chi connectivity index (χ4v) is 2.73. The number of aliphatic hydroxyl groups excluding tert-OH is 1. The number of carboxylic acid groups (broad SMARTS) is 2. The second kappa shape index (κ2) is 8.63. The average molecular weight is 375 g/mol. The van der Waals surface area contributed by atoms with E-state index in [4.69, 9.17) is 19.7 Å². The fraction of sp³-hybridized carbons (Fsp3) is 0.263. The van der Waals surface area contributed by atoms with Crippen LogP contribution in [-0.4, -0.2) is 38.9 Å². The molecule has 0 saturated heterocycles. The summed E-state index contributed by atoms with van der Waals surface area (Å²) in [5.41, 5.74) is 1.63. The first-order valence-electron chi connectivity index (χ1n) is 8.13. The van der Waals surface area contributed by atoms with E-state index in [9.17, 15) is 14.7 Å². The van der Waals surface area contributed by atoms with E-state index in [0.29, 0.717) is 36.8 Å². The summed E-state index contributed by atoms with van der Waals surface area (Å²) in [6.07, 6.45) is 1.12. The first kappa shape index (κ1) is 20.4. The first-order chi connectivity index (χ1) is 12.8. The van der Waals surface area contributed by atoms with Gasteiger partial charge in [-0.15, -0.1) is 0 Å². The number of furan rings is 1. The zero-order chi connectivity index (χ0) is 20.0. The Hall–Kier alpha value is -2.94. The standard InChI is InChI=1S/C15H17NO3.C4H4O4/c1-10-2-4-11(5-3-10)15(18)9-16-7-14-13(15)6-12(8-17)19-14;5-3(6)1-2-4(7)8/h2-6,16-18H,7-9H2,1H3;1-2H,(H,5,6)(H,7,8). The topological polar surface area (TPSA) is 140 Å². The Labute approximate surface area is 155 Å². The maximum Gasteiger partial charge on any atom is 0.328 e. The minimum Gasteiger partial charge on any atom is -0.478 e. The van der Waals surface area contributed by atoms with Crippen molar-refractivity contribution in [3.8, 4) is 0 Å². The van der Waals surface area contributed by atoms with Crippen LogP contribution in [0.5, 0.6) is 0 Å². The number of aryl methyl sites for hydroxylation is 1. The molecule has 0 radical (unpaired) electrons. The molecule has 5 N–H and O–H groups in total. The van der Waals surface area contributed by atoms with Crippen molar-refractivity contribution < 1.29 is 34.4 Å². The summed E-state index contributed by atoms with van der Waals surface area (Å²) in [5.74, 6) is -1.34. The number of benzene rings is 1. The molecule has 0 bridgehead atoms. The Morgan fingerprint density at radius 2 is 1.78 bits per heavy atom. The Morgan fingerprint density at radius 3 is 2.30 bits per heavy atom. The molecule has 1 aliphatic rings. The minimum atomic E-state index is -1.26. The van der Waals surface area contributed by atoms with E-state index in [1.165, 1.54) is 0 Å². The molecule has 0 saturated carbocycles. The van der Waals surface area contributed by atoms with Crippen molar-refractivity contribution in [1.82, 2.24) is 5.32 Å². The van der Waals surface area contributed by atoms with Gasteiger partial charge < -0.3 is 30.2 Å². The lowest BCUT2D eigenvalue weighted by Crippen LogP contribution is -2.43. The van der Waals surface area contributed by atoms with Crippen molar-refractivity contribution in [2.24, 2.45) is 0 Å². The molecule has 8 nitrogen and oxygen atoms in total. The van der Waals surface area contributed by atoms with E-state index in [0.717, 1.165) is 16.7 Å². The van der Waals surface area contributed by atoms with Crippen LogP contribution in [0.2, 0.25) is 0 Å². The van der Waals surface area contributed by atoms with Gasteiger partial charge in [-0.1, -0.05) is 29.8 Å². The Balaban J connectivity index is 0.000000279. The lowest BCUT2D eigenvalue weighted by molar-refractivity contribution is -0.134. The molecule has 1 unspecified atom stereocenters. The van der Waals surface area contributed by atoms with Crippen LogP contribution in [0.1, 0.15) is 28.2 Å². The van der Waals surface area contributed by atoms with Gasteiger partial charge in [-0.3, -0.25) is 0 Å². The molecule has 27 heavy (non-hydrogen) atoms. The summed E-state index contributed by atoms with van der Waals surface area (Å²) in [6.45, 7) is 2.87. The van der Waals surface area contributed by atoms with Crippen molar-refractivity contribution >= 4 is 11.9 Å². The van der Waals surface area contributed by atoms with Gasteiger partial charge in [0.25, 0.3) is 0 Å². The van der Waals surface area contributed by atoms with E-state index >= 15 is 0 Å². The molecule has 2 heterocycles. The predicted molar refractivity (Wildman–Crippen MR) is 94.9 cm³/mol. The third-order valence-corrected chi connectivity index (χ3v) is 4.03. The largest absolute Gasteiger partial charge is 0.478 e. The summed E-state index contributed by atoms with van der Waals surface area (Å²) in [7, 11) is 0. The number of aliphatic hydroxyl groups is 2. The second-order valence-corrected chi connectivity index (χ2v) is 6.05. The smallest absolute Gasteiger partial charge is 0.328 e. The fourth-order valence-electron chi connectivity index (χ4n) is 2.73. The quantitative estimate of drug-likeness (QED) is 0.501. The number of aliphatic carboxylic acids is 2. The number of carbonyl (C=O) groups is 2. The molecule has 0 aliphatic carbocycles. The van der Waals surface area contributed by atoms with Crippen molar-refractivity contribution in [3.05, 3.63) is 70.7 Å². The van der Waals surface area contributed by atoms with E-state index < -0.39 is 17.5 Å². The molecule has 0 spiro atoms. The number of hydrogen-bond acceptors (Lipinski definition) is 6. The highest BCUT2D eigenvalue weighted by Gasteiger charge is 2.38. The van der Waals surface area contributed by atoms with Crippen LogP contribution in [0.4, 0.5) is 0 Å². The van der Waals surface area contributed by atoms with Crippen molar-refractivity contribution in [3.63, 3.8) is 0 Å². The van der Waals surface area contributed by atoms with E-state index in [-0.39, 0.29) is 6.61 Å². The van der Waals surface area contributed by atoms with Crippen LogP contribution in [-0.2, 0) is 28.3 Å². The van der Waals surface area contributed by atoms with Gasteiger partial charge in [0.15, 0.2) is 0 Å². The van der Waals surface area contributed by atoms with Gasteiger partial charge in [0, 0.05) is 24.3 Å². The minimum absolute atomic E-state index is 0.156. The number of fused-ring (bicyclic) bond motifs is 1. The monoisotopic (exact) mass is 375 g/mol. The van der Waals surface area contributed by atoms with Crippen LogP contribution in [0, 0.1) is 6.92 Å². The third-order valence-electron chi connectivity index (χ3n) is 4.03. The molecular formula is C19H21NO7. The Morgan fingerprint density at radius 1 is 1.19 bits per heavy atom. The van der Waals surface area contributed by atoms with Gasteiger partial charge in [-0.25, -0.2) is 9.59 Å². The SMILES string of the molecule is Cc1ccc(C2(O)CNCc3oc(CO)cc32)cc1.O=C(O)C=CC(=O)O. The van der Waals surface area contributed by atoms with Crippen LogP contribution in [0.15, 0.2) is 46.9 Å². The summed E-state index contributed by atoms with van der Waals surface area (Å²) in [6, 6.07) is 9.56. The zero-order valence-corrected chi connectivity index (χ0v) is 14.7. The van der Waals surface area contributed by atoms with Crippen LogP contribution in [0.25, 0.3) is 0 Å². The van der Waals surface area contributed by atoms with Crippen LogP contribution < -0.4 is 5.32 Å². The highest BCUT2D eigenvalue weighted by atomic mass is 16.4. The van der Waals surface area contributed by atoms with Gasteiger partial charge in [0.05, 0.1) is 6.54 Å². The number of rotatable bonds is 4. The number of nitrogens with one attached hydrogen (secondary N) is 1. The van der Waals surface area contributed by atoms with Gasteiger partial charge in [0.1, 0.15) is 23.7 Å². The van der Waals surface area contributed by atoms with Gasteiger partial charge in [0.2, 0.25) is 0 Å². The Bertz CT molecular complexity index is 822. The third kappa shape index (κ3) is 5.04. The molecular weight excluding hydrogens is 354 g/mol.